The van der Waals surface area contributed by atoms with Crippen LogP contribution in [0.3, 0.4) is 0 Å². The van der Waals surface area contributed by atoms with Gasteiger partial charge in [0.25, 0.3) is 0 Å². The van der Waals surface area contributed by atoms with Crippen LogP contribution in [0.25, 0.3) is 0 Å². The molecular formula is C11H5BrN4S. The summed E-state index contributed by atoms with van der Waals surface area (Å²) in [5.74, 6) is 0. The molecule has 0 amide bonds. The molecule has 0 unspecified atom stereocenters. The normalized spacial score (nSPS) is 8.41. The minimum absolute atomic E-state index is 0.0902. The quantitative estimate of drug-likeness (QED) is 0.650. The molecule has 1 N–H and O–H groups in total. The molecule has 0 aliphatic carbocycles. The van der Waals surface area contributed by atoms with Gasteiger partial charge >= 0.3 is 0 Å². The number of anilines is 1. The van der Waals surface area contributed by atoms with Gasteiger partial charge in [0.2, 0.25) is 0 Å². The Morgan fingerprint density at radius 3 is 2.29 bits per heavy atom. The second-order valence-corrected chi connectivity index (χ2v) is 4.27. The number of nitrogens with one attached hydrogen (secondary N) is 1. The zero-order valence-electron chi connectivity index (χ0n) is 8.40. The lowest BCUT2D eigenvalue weighted by Gasteiger charge is -2.07. The van der Waals surface area contributed by atoms with Gasteiger partial charge in [-0.15, -0.1) is 12.6 Å². The molecule has 0 fully saturated rings. The summed E-state index contributed by atoms with van der Waals surface area (Å²) in [6, 6.07) is 10.3. The van der Waals surface area contributed by atoms with E-state index in [1.54, 1.807) is 36.4 Å². The number of allylic oxidation sites excluding steroid dienone is 2. The number of benzene rings is 1. The highest BCUT2D eigenvalue weighted by atomic mass is 79.9. The van der Waals surface area contributed by atoms with Gasteiger partial charge in [0.1, 0.15) is 23.9 Å². The lowest BCUT2D eigenvalue weighted by Crippen LogP contribution is -2.01. The molecule has 82 valence electrons. The van der Waals surface area contributed by atoms with Crippen molar-refractivity contribution in [1.29, 1.82) is 15.8 Å². The molecule has 0 aliphatic rings. The zero-order chi connectivity index (χ0) is 12.8. The van der Waals surface area contributed by atoms with Gasteiger partial charge in [0, 0.05) is 9.37 Å². The molecule has 0 aliphatic heterocycles. The summed E-state index contributed by atoms with van der Waals surface area (Å²) in [5, 5.41) is 28.9. The van der Waals surface area contributed by atoms with E-state index in [2.05, 4.69) is 33.9 Å². The van der Waals surface area contributed by atoms with Crippen LogP contribution < -0.4 is 5.32 Å². The molecule has 0 heterocycles. The average Bonchev–Trinajstić information content (AvgIpc) is 2.32. The maximum absolute atomic E-state index is 8.86. The summed E-state index contributed by atoms with van der Waals surface area (Å²) in [5.41, 5.74) is 0.201. The molecule has 0 radical (unpaired) electrons. The third kappa shape index (κ3) is 3.26. The molecule has 0 saturated carbocycles. The first-order valence-electron chi connectivity index (χ1n) is 4.32. The molecule has 0 atom stereocenters. The monoisotopic (exact) mass is 304 g/mol. The van der Waals surface area contributed by atoms with Gasteiger partial charge in [0.15, 0.2) is 5.57 Å². The Morgan fingerprint density at radius 2 is 1.82 bits per heavy atom. The maximum atomic E-state index is 8.86. The van der Waals surface area contributed by atoms with Crippen LogP contribution >= 0.6 is 28.6 Å². The number of nitriles is 3. The number of hydrogen-bond donors (Lipinski definition) is 2. The van der Waals surface area contributed by atoms with E-state index in [0.29, 0.717) is 10.6 Å². The van der Waals surface area contributed by atoms with Gasteiger partial charge in [-0.1, -0.05) is 15.9 Å². The maximum Gasteiger partial charge on any atom is 0.163 e. The summed E-state index contributed by atoms with van der Waals surface area (Å²) in [4.78, 5) is 0.599. The van der Waals surface area contributed by atoms with E-state index in [0.717, 1.165) is 4.47 Å². The van der Waals surface area contributed by atoms with E-state index in [9.17, 15) is 0 Å². The Balaban J connectivity index is 3.16. The van der Waals surface area contributed by atoms with E-state index in [-0.39, 0.29) is 11.3 Å². The molecule has 1 aromatic rings. The third-order valence-electron chi connectivity index (χ3n) is 1.80. The van der Waals surface area contributed by atoms with Crippen molar-refractivity contribution in [1.82, 2.24) is 0 Å². The predicted molar refractivity (Wildman–Crippen MR) is 68.9 cm³/mol. The van der Waals surface area contributed by atoms with E-state index in [1.165, 1.54) is 0 Å². The SMILES string of the molecule is N#CC(C#N)=C(C#N)Nc1ccc(Br)cc1S. The van der Waals surface area contributed by atoms with Gasteiger partial charge in [-0.2, -0.15) is 15.8 Å². The van der Waals surface area contributed by atoms with E-state index in [1.807, 2.05) is 0 Å². The average molecular weight is 305 g/mol. The Hall–Kier alpha value is -1.94. The van der Waals surface area contributed by atoms with Gasteiger partial charge in [-0.05, 0) is 18.2 Å². The van der Waals surface area contributed by atoms with Crippen molar-refractivity contribution in [3.05, 3.63) is 33.9 Å². The van der Waals surface area contributed by atoms with E-state index >= 15 is 0 Å². The van der Waals surface area contributed by atoms with Crippen LogP contribution in [0.15, 0.2) is 38.8 Å². The van der Waals surface area contributed by atoms with Gasteiger partial charge < -0.3 is 5.32 Å². The number of rotatable bonds is 2. The summed E-state index contributed by atoms with van der Waals surface area (Å²) in [6.45, 7) is 0. The van der Waals surface area contributed by atoms with Crippen LogP contribution in [0.2, 0.25) is 0 Å². The first-order valence-corrected chi connectivity index (χ1v) is 5.56. The largest absolute Gasteiger partial charge is 0.344 e. The molecule has 0 aromatic heterocycles. The summed E-state index contributed by atoms with van der Waals surface area (Å²) >= 11 is 7.50. The van der Waals surface area contributed by atoms with Gasteiger partial charge in [-0.3, -0.25) is 0 Å². The summed E-state index contributed by atoms with van der Waals surface area (Å²) in [7, 11) is 0. The Kier molecular flexibility index (Phi) is 4.60. The molecule has 6 heteroatoms. The van der Waals surface area contributed by atoms with Crippen molar-refractivity contribution in [2.45, 2.75) is 4.90 Å². The molecular weight excluding hydrogens is 300 g/mol. The smallest absolute Gasteiger partial charge is 0.163 e. The van der Waals surface area contributed by atoms with Crippen LogP contribution in [-0.4, -0.2) is 0 Å². The number of nitrogens with zero attached hydrogens (tertiary/aromatic N) is 3. The standard InChI is InChI=1S/C11H5BrN4S/c12-8-1-2-9(11(17)3-8)16-10(6-15)7(4-13)5-14/h1-3,16-17H. The molecule has 0 bridgehead atoms. The lowest BCUT2D eigenvalue weighted by atomic mass is 10.2. The second kappa shape index (κ2) is 5.96. The van der Waals surface area contributed by atoms with Crippen LogP contribution in [0.4, 0.5) is 5.69 Å². The number of hydrogen-bond acceptors (Lipinski definition) is 5. The first-order chi connectivity index (χ1) is 8.12. The molecule has 4 nitrogen and oxygen atoms in total. The molecule has 17 heavy (non-hydrogen) atoms. The van der Waals surface area contributed by atoms with Crippen molar-refractivity contribution in [3.8, 4) is 18.2 Å². The van der Waals surface area contributed by atoms with E-state index in [4.69, 9.17) is 15.8 Å². The van der Waals surface area contributed by atoms with Crippen molar-refractivity contribution in [2.75, 3.05) is 5.32 Å². The highest BCUT2D eigenvalue weighted by Crippen LogP contribution is 2.25. The number of thiol groups is 1. The fourth-order valence-electron chi connectivity index (χ4n) is 1.03. The molecule has 1 aromatic carbocycles. The second-order valence-electron chi connectivity index (χ2n) is 2.87. The Labute approximate surface area is 112 Å². The Morgan fingerprint density at radius 1 is 1.18 bits per heavy atom. The zero-order valence-corrected chi connectivity index (χ0v) is 10.9. The van der Waals surface area contributed by atoms with Crippen LogP contribution in [0, 0.1) is 34.0 Å². The van der Waals surface area contributed by atoms with Gasteiger partial charge in [0.05, 0.1) is 5.69 Å². The van der Waals surface area contributed by atoms with Crippen LogP contribution in [0.1, 0.15) is 0 Å². The van der Waals surface area contributed by atoms with Crippen LogP contribution in [0.5, 0.6) is 0 Å². The molecule has 0 saturated heterocycles. The molecule has 1 rings (SSSR count). The minimum Gasteiger partial charge on any atom is -0.344 e. The first kappa shape index (κ1) is 13.1. The summed E-state index contributed by atoms with van der Waals surface area (Å²) < 4.78 is 0.844. The summed E-state index contributed by atoms with van der Waals surface area (Å²) in [6.07, 6.45) is 0. The van der Waals surface area contributed by atoms with E-state index < -0.39 is 0 Å². The van der Waals surface area contributed by atoms with Crippen LogP contribution in [-0.2, 0) is 0 Å². The molecule has 0 spiro atoms. The van der Waals surface area contributed by atoms with Crippen molar-refractivity contribution in [3.63, 3.8) is 0 Å². The lowest BCUT2D eigenvalue weighted by molar-refractivity contribution is 1.33. The van der Waals surface area contributed by atoms with Gasteiger partial charge in [-0.25, -0.2) is 0 Å². The van der Waals surface area contributed by atoms with Crippen molar-refractivity contribution >= 4 is 34.2 Å². The number of halogens is 1. The fourth-order valence-corrected chi connectivity index (χ4v) is 1.84. The van der Waals surface area contributed by atoms with Crippen molar-refractivity contribution in [2.24, 2.45) is 0 Å². The fraction of sp³-hybridized carbons (Fsp3) is 0. The van der Waals surface area contributed by atoms with Crippen molar-refractivity contribution < 1.29 is 0 Å². The third-order valence-corrected chi connectivity index (χ3v) is 2.67. The topological polar surface area (TPSA) is 83.4 Å². The minimum atomic E-state index is -0.261. The predicted octanol–water partition coefficient (Wildman–Crippen LogP) is 2.97. The highest BCUT2D eigenvalue weighted by molar-refractivity contribution is 9.10. The highest BCUT2D eigenvalue weighted by Gasteiger charge is 2.07. The Bertz CT molecular complexity index is 585.